The lowest BCUT2D eigenvalue weighted by molar-refractivity contribution is 0.0928. The van der Waals surface area contributed by atoms with E-state index in [1.54, 1.807) is 47.7 Å². The highest BCUT2D eigenvalue weighted by Gasteiger charge is 2.45. The van der Waals surface area contributed by atoms with E-state index in [-0.39, 0.29) is 11.7 Å². The molecule has 1 aliphatic rings. The molecule has 0 heterocycles. The largest absolute Gasteiger partial charge is 0.493 e. The number of hydrogen-bond donors (Lipinski definition) is 0. The standard InChI is InChI=1S/C29H34O7/c1-9-11-12-17(10-2)13-19-24(18-14-21(31-3)27(34-6)22(15-18)32-4)25-20(26(19)30)16-23(33-5)28(35-7)29(25)36-8/h9-12,14-16,19,24H,1,13H2,2-8H3/b12-11-,17-10+. The van der Waals surface area contributed by atoms with Crippen molar-refractivity contribution >= 4 is 5.78 Å². The minimum atomic E-state index is -0.422. The summed E-state index contributed by atoms with van der Waals surface area (Å²) >= 11 is 0. The monoisotopic (exact) mass is 494 g/mol. The first-order valence-electron chi connectivity index (χ1n) is 11.6. The summed E-state index contributed by atoms with van der Waals surface area (Å²) in [5.41, 5.74) is 3.12. The van der Waals surface area contributed by atoms with E-state index in [1.807, 2.05) is 37.3 Å². The number of hydrogen-bond acceptors (Lipinski definition) is 7. The number of methoxy groups -OCH3 is 6. The fourth-order valence-electron chi connectivity index (χ4n) is 4.86. The van der Waals surface area contributed by atoms with Crippen molar-refractivity contribution in [2.45, 2.75) is 19.3 Å². The molecule has 0 saturated carbocycles. The summed E-state index contributed by atoms with van der Waals surface area (Å²) in [5.74, 6) is 2.02. The highest BCUT2D eigenvalue weighted by atomic mass is 16.5. The smallest absolute Gasteiger partial charge is 0.203 e. The number of carbonyl (C=O) groups excluding carboxylic acids is 1. The van der Waals surface area contributed by atoms with E-state index in [4.69, 9.17) is 28.4 Å². The minimum Gasteiger partial charge on any atom is -0.493 e. The maximum Gasteiger partial charge on any atom is 0.203 e. The van der Waals surface area contributed by atoms with Crippen molar-refractivity contribution in [3.05, 3.63) is 71.3 Å². The van der Waals surface area contributed by atoms with Gasteiger partial charge < -0.3 is 28.4 Å². The topological polar surface area (TPSA) is 72.5 Å². The summed E-state index contributed by atoms with van der Waals surface area (Å²) < 4.78 is 33.8. The molecule has 3 rings (SSSR count). The van der Waals surface area contributed by atoms with Gasteiger partial charge in [0.1, 0.15) is 0 Å². The maximum atomic E-state index is 14.0. The van der Waals surface area contributed by atoms with Crippen LogP contribution in [-0.2, 0) is 0 Å². The molecule has 1 aliphatic carbocycles. The van der Waals surface area contributed by atoms with Crippen LogP contribution in [0.1, 0.15) is 40.7 Å². The molecular weight excluding hydrogens is 460 g/mol. The number of fused-ring (bicyclic) bond motifs is 1. The number of ether oxygens (including phenoxy) is 6. The second kappa shape index (κ2) is 11.7. The Morgan fingerprint density at radius 2 is 1.39 bits per heavy atom. The van der Waals surface area contributed by atoms with Crippen LogP contribution in [0.2, 0.25) is 0 Å². The van der Waals surface area contributed by atoms with Crippen molar-refractivity contribution in [3.8, 4) is 34.5 Å². The fourth-order valence-corrected chi connectivity index (χ4v) is 4.86. The van der Waals surface area contributed by atoms with Crippen LogP contribution in [0, 0.1) is 5.92 Å². The molecule has 0 amide bonds. The minimum absolute atomic E-state index is 0.00522. The first kappa shape index (κ1) is 26.7. The average Bonchev–Trinajstić information content (AvgIpc) is 3.19. The van der Waals surface area contributed by atoms with Crippen LogP contribution >= 0.6 is 0 Å². The lowest BCUT2D eigenvalue weighted by atomic mass is 9.81. The second-order valence-electron chi connectivity index (χ2n) is 8.18. The number of Topliss-reactive ketones (excluding diaryl/α,β-unsaturated/α-hetero) is 1. The first-order valence-corrected chi connectivity index (χ1v) is 11.6. The van der Waals surface area contributed by atoms with E-state index in [0.717, 1.165) is 16.7 Å². The van der Waals surface area contributed by atoms with Crippen LogP contribution in [0.4, 0.5) is 0 Å². The van der Waals surface area contributed by atoms with E-state index in [9.17, 15) is 4.79 Å². The van der Waals surface area contributed by atoms with E-state index < -0.39 is 5.92 Å². The van der Waals surface area contributed by atoms with Gasteiger partial charge in [-0.15, -0.1) is 0 Å². The Morgan fingerprint density at radius 3 is 1.86 bits per heavy atom. The van der Waals surface area contributed by atoms with Gasteiger partial charge in [-0.3, -0.25) is 4.79 Å². The van der Waals surface area contributed by atoms with Crippen LogP contribution in [-0.4, -0.2) is 48.4 Å². The Hall–Kier alpha value is -3.87. The van der Waals surface area contributed by atoms with Gasteiger partial charge in [0.2, 0.25) is 11.5 Å². The van der Waals surface area contributed by atoms with Gasteiger partial charge in [0.05, 0.1) is 42.7 Å². The zero-order valence-electron chi connectivity index (χ0n) is 22.0. The summed E-state index contributed by atoms with van der Waals surface area (Å²) in [6, 6.07) is 5.50. The van der Waals surface area contributed by atoms with Gasteiger partial charge in [-0.2, -0.15) is 0 Å². The van der Waals surface area contributed by atoms with Crippen molar-refractivity contribution < 1.29 is 33.2 Å². The molecule has 7 nitrogen and oxygen atoms in total. The van der Waals surface area contributed by atoms with Crippen molar-refractivity contribution in [1.82, 2.24) is 0 Å². The third-order valence-corrected chi connectivity index (χ3v) is 6.50. The Labute approximate surface area is 212 Å². The Kier molecular flexibility index (Phi) is 8.69. The fraction of sp³-hybridized carbons (Fsp3) is 0.345. The van der Waals surface area contributed by atoms with Crippen molar-refractivity contribution in [2.24, 2.45) is 5.92 Å². The lowest BCUT2D eigenvalue weighted by Gasteiger charge is -2.24. The third-order valence-electron chi connectivity index (χ3n) is 6.50. The maximum absolute atomic E-state index is 14.0. The number of benzene rings is 2. The van der Waals surface area contributed by atoms with Gasteiger partial charge in [-0.05, 0) is 37.1 Å². The average molecular weight is 495 g/mol. The molecule has 7 heteroatoms. The third kappa shape index (κ3) is 4.65. The van der Waals surface area contributed by atoms with E-state index in [0.29, 0.717) is 46.5 Å². The molecule has 2 aromatic rings. The zero-order valence-corrected chi connectivity index (χ0v) is 22.0. The summed E-state index contributed by atoms with van der Waals surface area (Å²) in [4.78, 5) is 14.0. The molecule has 0 aliphatic heterocycles. The normalized spacial score (nSPS) is 17.1. The SMILES string of the molecule is C=C/C=C\C(=C/C)CC1C(=O)c2cc(OC)c(OC)c(OC)c2C1c1cc(OC)c(OC)c(OC)c1. The number of carbonyl (C=O) groups is 1. The summed E-state index contributed by atoms with van der Waals surface area (Å²) in [7, 11) is 9.34. The van der Waals surface area contributed by atoms with Crippen LogP contribution in [0.15, 0.2) is 54.7 Å². The van der Waals surface area contributed by atoms with E-state index in [1.165, 1.54) is 7.11 Å². The molecule has 36 heavy (non-hydrogen) atoms. The second-order valence-corrected chi connectivity index (χ2v) is 8.18. The quantitative estimate of drug-likeness (QED) is 0.368. The van der Waals surface area contributed by atoms with Gasteiger partial charge in [-0.25, -0.2) is 0 Å². The molecule has 0 spiro atoms. The molecule has 2 aromatic carbocycles. The van der Waals surface area contributed by atoms with E-state index >= 15 is 0 Å². The van der Waals surface area contributed by atoms with Gasteiger partial charge in [0.15, 0.2) is 28.8 Å². The van der Waals surface area contributed by atoms with Crippen molar-refractivity contribution in [3.63, 3.8) is 0 Å². The molecular formula is C29H34O7. The zero-order chi connectivity index (χ0) is 26.4. The number of allylic oxidation sites excluding steroid dienone is 5. The van der Waals surface area contributed by atoms with Gasteiger partial charge in [0.25, 0.3) is 0 Å². The van der Waals surface area contributed by atoms with Crippen molar-refractivity contribution in [2.75, 3.05) is 42.7 Å². The Bertz CT molecular complexity index is 1170. The summed E-state index contributed by atoms with van der Waals surface area (Å²) in [6.07, 6.45) is 8.05. The van der Waals surface area contributed by atoms with Crippen LogP contribution < -0.4 is 28.4 Å². The molecule has 0 bridgehead atoms. The predicted octanol–water partition coefficient (Wildman–Crippen LogP) is 5.76. The van der Waals surface area contributed by atoms with Gasteiger partial charge >= 0.3 is 0 Å². The molecule has 192 valence electrons. The highest BCUT2D eigenvalue weighted by molar-refractivity contribution is 6.06. The first-order chi connectivity index (χ1) is 17.4. The highest BCUT2D eigenvalue weighted by Crippen LogP contribution is 2.56. The molecule has 2 atom stereocenters. The summed E-state index contributed by atoms with van der Waals surface area (Å²) in [6.45, 7) is 5.71. The van der Waals surface area contributed by atoms with Crippen LogP contribution in [0.5, 0.6) is 34.5 Å². The Morgan fingerprint density at radius 1 is 0.833 bits per heavy atom. The molecule has 0 N–H and O–H groups in total. The van der Waals surface area contributed by atoms with Crippen molar-refractivity contribution in [1.29, 1.82) is 0 Å². The lowest BCUT2D eigenvalue weighted by Crippen LogP contribution is -2.16. The molecule has 0 fully saturated rings. The van der Waals surface area contributed by atoms with Crippen LogP contribution in [0.25, 0.3) is 0 Å². The van der Waals surface area contributed by atoms with Gasteiger partial charge in [0, 0.05) is 23.0 Å². The summed E-state index contributed by atoms with van der Waals surface area (Å²) in [5, 5.41) is 0. The molecule has 0 aromatic heterocycles. The number of rotatable bonds is 11. The van der Waals surface area contributed by atoms with E-state index in [2.05, 4.69) is 6.58 Å². The number of ketones is 1. The molecule has 0 saturated heterocycles. The predicted molar refractivity (Wildman–Crippen MR) is 140 cm³/mol. The Balaban J connectivity index is 2.35. The van der Waals surface area contributed by atoms with Gasteiger partial charge in [-0.1, -0.05) is 36.5 Å². The molecule has 2 unspecified atom stereocenters. The molecule has 0 radical (unpaired) electrons. The van der Waals surface area contributed by atoms with Crippen LogP contribution in [0.3, 0.4) is 0 Å².